The summed E-state index contributed by atoms with van der Waals surface area (Å²) < 4.78 is 0. The number of carboxylic acid groups (broad SMARTS) is 1. The summed E-state index contributed by atoms with van der Waals surface area (Å²) in [6.07, 6.45) is 3.17. The van der Waals surface area contributed by atoms with Gasteiger partial charge in [0.1, 0.15) is 0 Å². The highest BCUT2D eigenvalue weighted by Crippen LogP contribution is 2.15. The van der Waals surface area contributed by atoms with Crippen LogP contribution >= 0.6 is 0 Å². The molecule has 0 saturated carbocycles. The molecule has 0 aliphatic carbocycles. The van der Waals surface area contributed by atoms with Gasteiger partial charge in [0, 0.05) is 32.7 Å². The Morgan fingerprint density at radius 2 is 2.07 bits per heavy atom. The first kappa shape index (κ1) is 23.7. The molecule has 0 aromatic heterocycles. The number of likely N-dealkylation sites (tertiary alicyclic amines) is 1. The van der Waals surface area contributed by atoms with Crippen LogP contribution in [-0.4, -0.2) is 77.4 Å². The molecule has 1 aliphatic heterocycles. The van der Waals surface area contributed by atoms with Crippen molar-refractivity contribution in [3.05, 3.63) is 0 Å². The van der Waals surface area contributed by atoms with Crippen molar-refractivity contribution < 1.29 is 19.5 Å². The number of piperidine rings is 1. The van der Waals surface area contributed by atoms with Gasteiger partial charge in [-0.2, -0.15) is 0 Å². The van der Waals surface area contributed by atoms with E-state index in [4.69, 9.17) is 22.0 Å². The Bertz CT molecular complexity index is 556. The van der Waals surface area contributed by atoms with E-state index in [0.717, 1.165) is 32.2 Å². The van der Waals surface area contributed by atoms with E-state index < -0.39 is 17.9 Å². The molecule has 0 unspecified atom stereocenters. The number of guanidine groups is 1. The van der Waals surface area contributed by atoms with Gasteiger partial charge in [0.15, 0.2) is 5.96 Å². The topological polar surface area (TPSA) is 166 Å². The number of amides is 2. The van der Waals surface area contributed by atoms with Crippen LogP contribution < -0.4 is 16.8 Å². The maximum absolute atomic E-state index is 12.5. The molecule has 10 heteroatoms. The lowest BCUT2D eigenvalue weighted by Gasteiger charge is -2.33. The number of rotatable bonds is 11. The Labute approximate surface area is 166 Å². The van der Waals surface area contributed by atoms with Gasteiger partial charge in [-0.05, 0) is 25.2 Å². The van der Waals surface area contributed by atoms with Crippen LogP contribution in [-0.2, 0) is 14.4 Å². The molecule has 0 aromatic carbocycles. The van der Waals surface area contributed by atoms with Crippen LogP contribution in [0.5, 0.6) is 0 Å². The third-order valence-electron chi connectivity index (χ3n) is 4.86. The predicted octanol–water partition coefficient (Wildman–Crippen LogP) is -0.471. The summed E-state index contributed by atoms with van der Waals surface area (Å²) in [4.78, 5) is 38.7. The molecular weight excluding hydrogens is 364 g/mol. The van der Waals surface area contributed by atoms with Crippen molar-refractivity contribution in [3.63, 3.8) is 0 Å². The first-order valence-corrected chi connectivity index (χ1v) is 9.86. The number of aliphatic carboxylic acids is 1. The molecule has 0 bridgehead atoms. The number of nitrogens with zero attached hydrogens (tertiary/aromatic N) is 2. The third-order valence-corrected chi connectivity index (χ3v) is 4.86. The lowest BCUT2D eigenvalue weighted by atomic mass is 9.98. The zero-order chi connectivity index (χ0) is 21.1. The van der Waals surface area contributed by atoms with Gasteiger partial charge in [0.05, 0.1) is 18.9 Å². The normalized spacial score (nSPS) is 17.6. The predicted molar refractivity (Wildman–Crippen MR) is 106 cm³/mol. The van der Waals surface area contributed by atoms with Gasteiger partial charge in [0.2, 0.25) is 11.8 Å². The van der Waals surface area contributed by atoms with Crippen LogP contribution in [0.2, 0.25) is 0 Å². The van der Waals surface area contributed by atoms with E-state index in [2.05, 4.69) is 5.32 Å². The maximum Gasteiger partial charge on any atom is 0.305 e. The molecule has 1 aliphatic rings. The minimum Gasteiger partial charge on any atom is -0.481 e. The number of carbonyl (C=O) groups is 3. The van der Waals surface area contributed by atoms with Crippen LogP contribution in [0.25, 0.3) is 0 Å². The Kier molecular flexibility index (Phi) is 10.3. The number of carboxylic acids is 1. The molecule has 0 radical (unpaired) electrons. The average Bonchev–Trinajstić information content (AvgIpc) is 2.66. The van der Waals surface area contributed by atoms with Crippen molar-refractivity contribution >= 4 is 23.7 Å². The van der Waals surface area contributed by atoms with E-state index in [0.29, 0.717) is 19.6 Å². The average molecular weight is 399 g/mol. The van der Waals surface area contributed by atoms with E-state index in [1.54, 1.807) is 4.90 Å². The molecule has 1 saturated heterocycles. The largest absolute Gasteiger partial charge is 0.481 e. The van der Waals surface area contributed by atoms with Crippen molar-refractivity contribution in [1.29, 1.82) is 5.41 Å². The molecule has 7 N–H and O–H groups in total. The summed E-state index contributed by atoms with van der Waals surface area (Å²) >= 11 is 0. The second-order valence-corrected chi connectivity index (χ2v) is 7.28. The second kappa shape index (κ2) is 12.2. The van der Waals surface area contributed by atoms with Crippen LogP contribution in [0.15, 0.2) is 0 Å². The number of unbranched alkanes of at least 4 members (excludes halogenated alkanes) is 1. The molecule has 0 spiro atoms. The first-order valence-electron chi connectivity index (χ1n) is 9.86. The highest BCUT2D eigenvalue weighted by Gasteiger charge is 2.25. The monoisotopic (exact) mass is 398 g/mol. The summed E-state index contributed by atoms with van der Waals surface area (Å²) in [5.41, 5.74) is 11.4. The molecule has 28 heavy (non-hydrogen) atoms. The Balaban J connectivity index is 2.46. The van der Waals surface area contributed by atoms with E-state index in [1.165, 1.54) is 4.90 Å². The molecule has 10 nitrogen and oxygen atoms in total. The van der Waals surface area contributed by atoms with Crippen molar-refractivity contribution in [2.45, 2.75) is 51.5 Å². The summed E-state index contributed by atoms with van der Waals surface area (Å²) in [5.74, 6) is -1.45. The van der Waals surface area contributed by atoms with E-state index in [9.17, 15) is 14.4 Å². The lowest BCUT2D eigenvalue weighted by molar-refractivity contribution is -0.139. The Morgan fingerprint density at radius 1 is 1.36 bits per heavy atom. The summed E-state index contributed by atoms with van der Waals surface area (Å²) in [6, 6.07) is -0.995. The van der Waals surface area contributed by atoms with Crippen molar-refractivity contribution in [1.82, 2.24) is 15.1 Å². The van der Waals surface area contributed by atoms with E-state index in [1.807, 2.05) is 6.92 Å². The third kappa shape index (κ3) is 8.55. The zero-order valence-corrected chi connectivity index (χ0v) is 16.7. The van der Waals surface area contributed by atoms with E-state index in [-0.39, 0.29) is 37.2 Å². The number of carbonyl (C=O) groups excluding carboxylic acids is 2. The molecule has 2 atom stereocenters. The van der Waals surface area contributed by atoms with Gasteiger partial charge < -0.3 is 31.7 Å². The minimum absolute atomic E-state index is 0.0391. The number of nitrogens with two attached hydrogens (primary N) is 2. The summed E-state index contributed by atoms with van der Waals surface area (Å²) in [5, 5.41) is 19.2. The van der Waals surface area contributed by atoms with Gasteiger partial charge in [-0.25, -0.2) is 0 Å². The van der Waals surface area contributed by atoms with Crippen molar-refractivity contribution in [2.75, 3.05) is 32.7 Å². The van der Waals surface area contributed by atoms with Gasteiger partial charge in [-0.3, -0.25) is 19.8 Å². The van der Waals surface area contributed by atoms with Gasteiger partial charge >= 0.3 is 5.97 Å². The van der Waals surface area contributed by atoms with E-state index >= 15 is 0 Å². The second-order valence-electron chi connectivity index (χ2n) is 7.28. The smallest absolute Gasteiger partial charge is 0.305 e. The molecular formula is C18H34N6O4. The fourth-order valence-corrected chi connectivity index (χ4v) is 3.21. The highest BCUT2D eigenvalue weighted by atomic mass is 16.4. The molecule has 160 valence electrons. The molecule has 2 amide bonds. The van der Waals surface area contributed by atoms with Crippen LogP contribution in [0.4, 0.5) is 0 Å². The van der Waals surface area contributed by atoms with Crippen LogP contribution in [0.1, 0.15) is 45.4 Å². The molecule has 1 heterocycles. The Hall–Kier alpha value is -2.36. The van der Waals surface area contributed by atoms with Gasteiger partial charge in [0.25, 0.3) is 0 Å². The molecule has 1 rings (SSSR count). The fourth-order valence-electron chi connectivity index (χ4n) is 3.21. The fraction of sp³-hybridized carbons (Fsp3) is 0.778. The van der Waals surface area contributed by atoms with Gasteiger partial charge in [-0.15, -0.1) is 0 Å². The number of hydrogen-bond acceptors (Lipinski definition) is 5. The first-order chi connectivity index (χ1) is 13.2. The maximum atomic E-state index is 12.5. The quantitative estimate of drug-likeness (QED) is 0.232. The lowest BCUT2D eigenvalue weighted by Crippen LogP contribution is -2.48. The zero-order valence-electron chi connectivity index (χ0n) is 16.7. The molecule has 0 aromatic rings. The Morgan fingerprint density at radius 3 is 2.68 bits per heavy atom. The molecule has 1 fully saturated rings. The number of nitrogens with one attached hydrogen (secondary N) is 2. The van der Waals surface area contributed by atoms with Gasteiger partial charge in [-0.1, -0.05) is 13.3 Å². The highest BCUT2D eigenvalue weighted by molar-refractivity contribution is 5.88. The minimum atomic E-state index is -0.995. The van der Waals surface area contributed by atoms with Crippen molar-refractivity contribution in [3.8, 4) is 0 Å². The van der Waals surface area contributed by atoms with Crippen molar-refractivity contribution in [2.24, 2.45) is 17.4 Å². The summed E-state index contributed by atoms with van der Waals surface area (Å²) in [7, 11) is 0. The SMILES string of the molecule is CCCCN(CCC(=O)O)C(=O)[C@@H](N)CC(=O)NC[C@@H]1CCCN(C(=N)N)C1. The van der Waals surface area contributed by atoms with Crippen LogP contribution in [0, 0.1) is 11.3 Å². The van der Waals surface area contributed by atoms with Crippen LogP contribution in [0.3, 0.4) is 0 Å². The number of hydrogen-bond donors (Lipinski definition) is 5. The standard InChI is InChI=1S/C18H34N6O4/c1-2-3-7-23(9-6-16(26)27)17(28)14(19)10-15(25)22-11-13-5-4-8-24(12-13)18(20)21/h13-14H,2-12,19H2,1H3,(H3,20,21)(H,22,25)(H,26,27)/t13-,14-/m0/s1. The summed E-state index contributed by atoms with van der Waals surface area (Å²) in [6.45, 7) is 4.32.